The summed E-state index contributed by atoms with van der Waals surface area (Å²) < 4.78 is 0. The molecule has 138 valence electrons. The average Bonchev–Trinajstić information content (AvgIpc) is 3.05. The molecule has 3 rings (SSSR count). The molecule has 6 nitrogen and oxygen atoms in total. The van der Waals surface area contributed by atoms with Gasteiger partial charge in [-0.15, -0.1) is 12.4 Å². The molecule has 3 N–H and O–H groups in total. The molecule has 0 saturated carbocycles. The number of aliphatic hydroxyl groups is 1. The van der Waals surface area contributed by atoms with Gasteiger partial charge < -0.3 is 20.6 Å². The van der Waals surface area contributed by atoms with E-state index in [1.54, 1.807) is 17.0 Å². The molecule has 2 amide bonds. The largest absolute Gasteiger partial charge is 0.391 e. The van der Waals surface area contributed by atoms with E-state index in [-0.39, 0.29) is 36.1 Å². The lowest BCUT2D eigenvalue weighted by Crippen LogP contribution is -2.46. The summed E-state index contributed by atoms with van der Waals surface area (Å²) in [6.45, 7) is 2.96. The van der Waals surface area contributed by atoms with Gasteiger partial charge >= 0.3 is 0 Å². The average molecular weight is 368 g/mol. The fourth-order valence-corrected chi connectivity index (χ4v) is 3.44. The lowest BCUT2D eigenvalue weighted by Gasteiger charge is -2.32. The van der Waals surface area contributed by atoms with Gasteiger partial charge in [0.05, 0.1) is 12.0 Å². The van der Waals surface area contributed by atoms with Crippen molar-refractivity contribution in [3.05, 3.63) is 35.9 Å². The van der Waals surface area contributed by atoms with E-state index in [2.05, 4.69) is 10.6 Å². The number of likely N-dealkylation sites (tertiary alicyclic amines) is 1. The van der Waals surface area contributed by atoms with Crippen LogP contribution in [0, 0.1) is 11.8 Å². The van der Waals surface area contributed by atoms with Crippen LogP contribution in [0.1, 0.15) is 23.2 Å². The maximum atomic E-state index is 12.5. The lowest BCUT2D eigenvalue weighted by atomic mass is 9.96. The molecule has 1 aromatic rings. The zero-order valence-electron chi connectivity index (χ0n) is 14.2. The van der Waals surface area contributed by atoms with E-state index in [0.29, 0.717) is 31.7 Å². The first-order valence-corrected chi connectivity index (χ1v) is 8.66. The van der Waals surface area contributed by atoms with E-state index in [0.717, 1.165) is 19.4 Å². The number of hydrogen-bond acceptors (Lipinski definition) is 4. The maximum absolute atomic E-state index is 12.5. The Morgan fingerprint density at radius 2 is 2.00 bits per heavy atom. The number of β-amino-alcohol motifs (C(OH)–C–C–N with tert-alkyl or cyclic N) is 1. The second-order valence-electron chi connectivity index (χ2n) is 6.69. The van der Waals surface area contributed by atoms with Gasteiger partial charge in [-0.25, -0.2) is 0 Å². The molecule has 0 aromatic heterocycles. The van der Waals surface area contributed by atoms with Crippen LogP contribution in [-0.2, 0) is 4.79 Å². The highest BCUT2D eigenvalue weighted by molar-refractivity contribution is 5.94. The highest BCUT2D eigenvalue weighted by Gasteiger charge is 2.30. The zero-order valence-corrected chi connectivity index (χ0v) is 15.0. The summed E-state index contributed by atoms with van der Waals surface area (Å²) in [5.41, 5.74) is 0.665. The summed E-state index contributed by atoms with van der Waals surface area (Å²) in [5.74, 6) is -0.124. The number of nitrogens with one attached hydrogen (secondary N) is 2. The number of carbonyl (C=O) groups excluding carboxylic acids is 2. The van der Waals surface area contributed by atoms with Crippen molar-refractivity contribution in [2.45, 2.75) is 18.9 Å². The second-order valence-corrected chi connectivity index (χ2v) is 6.69. The SMILES string of the molecule is Cl.O=C(NCC1CNCC1O)C1CCCN(C(=O)c2ccccc2)C1. The third-order valence-corrected chi connectivity index (χ3v) is 4.94. The number of piperidine rings is 1. The topological polar surface area (TPSA) is 81.7 Å². The minimum Gasteiger partial charge on any atom is -0.391 e. The molecular weight excluding hydrogens is 342 g/mol. The number of aliphatic hydroxyl groups excluding tert-OH is 1. The van der Waals surface area contributed by atoms with Gasteiger partial charge in [0.2, 0.25) is 5.91 Å². The second kappa shape index (κ2) is 9.17. The fourth-order valence-electron chi connectivity index (χ4n) is 3.44. The third-order valence-electron chi connectivity index (χ3n) is 4.94. The molecule has 7 heteroatoms. The summed E-state index contributed by atoms with van der Waals surface area (Å²) in [4.78, 5) is 26.7. The molecule has 0 bridgehead atoms. The van der Waals surface area contributed by atoms with Crippen molar-refractivity contribution < 1.29 is 14.7 Å². The molecule has 0 aliphatic carbocycles. The van der Waals surface area contributed by atoms with Crippen molar-refractivity contribution in [1.82, 2.24) is 15.5 Å². The zero-order chi connectivity index (χ0) is 16.9. The van der Waals surface area contributed by atoms with Crippen molar-refractivity contribution in [2.24, 2.45) is 11.8 Å². The van der Waals surface area contributed by atoms with Crippen LogP contribution < -0.4 is 10.6 Å². The standard InChI is InChI=1S/C18H25N3O3.ClH/c22-16-11-19-9-15(16)10-20-17(23)14-7-4-8-21(12-14)18(24)13-5-2-1-3-6-13;/h1-3,5-6,14-16,19,22H,4,7-12H2,(H,20,23);1H. The Hall–Kier alpha value is -1.63. The highest BCUT2D eigenvalue weighted by atomic mass is 35.5. The van der Waals surface area contributed by atoms with Gasteiger partial charge in [-0.2, -0.15) is 0 Å². The number of nitrogens with zero attached hydrogens (tertiary/aromatic N) is 1. The van der Waals surface area contributed by atoms with E-state index in [9.17, 15) is 14.7 Å². The van der Waals surface area contributed by atoms with Crippen molar-refractivity contribution in [3.8, 4) is 0 Å². The van der Waals surface area contributed by atoms with E-state index < -0.39 is 6.10 Å². The Labute approximate surface area is 154 Å². The van der Waals surface area contributed by atoms with Crippen LogP contribution in [0.25, 0.3) is 0 Å². The van der Waals surface area contributed by atoms with E-state index in [4.69, 9.17) is 0 Å². The predicted molar refractivity (Wildman–Crippen MR) is 97.7 cm³/mol. The Kier molecular flexibility index (Phi) is 7.23. The van der Waals surface area contributed by atoms with Crippen molar-refractivity contribution in [2.75, 3.05) is 32.7 Å². The molecule has 2 aliphatic rings. The lowest BCUT2D eigenvalue weighted by molar-refractivity contribution is -0.126. The molecule has 2 saturated heterocycles. The first-order valence-electron chi connectivity index (χ1n) is 8.66. The van der Waals surface area contributed by atoms with E-state index >= 15 is 0 Å². The third kappa shape index (κ3) is 4.93. The van der Waals surface area contributed by atoms with Crippen LogP contribution in [0.3, 0.4) is 0 Å². The number of carbonyl (C=O) groups is 2. The molecular formula is C18H26ClN3O3. The molecule has 0 radical (unpaired) electrons. The Bertz CT molecular complexity index is 584. The molecule has 1 aromatic carbocycles. The highest BCUT2D eigenvalue weighted by Crippen LogP contribution is 2.19. The minimum absolute atomic E-state index is 0. The van der Waals surface area contributed by atoms with Crippen LogP contribution in [0.5, 0.6) is 0 Å². The van der Waals surface area contributed by atoms with Crippen LogP contribution in [0.4, 0.5) is 0 Å². The number of rotatable bonds is 4. The first-order chi connectivity index (χ1) is 11.6. The van der Waals surface area contributed by atoms with Crippen molar-refractivity contribution in [3.63, 3.8) is 0 Å². The summed E-state index contributed by atoms with van der Waals surface area (Å²) >= 11 is 0. The molecule has 2 fully saturated rings. The van der Waals surface area contributed by atoms with E-state index in [1.807, 2.05) is 18.2 Å². The van der Waals surface area contributed by atoms with Crippen molar-refractivity contribution in [1.29, 1.82) is 0 Å². The van der Waals surface area contributed by atoms with Gasteiger partial charge in [0.25, 0.3) is 5.91 Å². The Morgan fingerprint density at radius 3 is 2.68 bits per heavy atom. The van der Waals surface area contributed by atoms with Crippen LogP contribution in [0.2, 0.25) is 0 Å². The fraction of sp³-hybridized carbons (Fsp3) is 0.556. The van der Waals surface area contributed by atoms with Crippen LogP contribution >= 0.6 is 12.4 Å². The summed E-state index contributed by atoms with van der Waals surface area (Å²) in [5, 5.41) is 15.8. The first kappa shape index (κ1) is 19.7. The number of halogens is 1. The summed E-state index contributed by atoms with van der Waals surface area (Å²) in [7, 11) is 0. The van der Waals surface area contributed by atoms with Gasteiger partial charge in [-0.1, -0.05) is 18.2 Å². The molecule has 25 heavy (non-hydrogen) atoms. The minimum atomic E-state index is -0.396. The Morgan fingerprint density at radius 1 is 1.24 bits per heavy atom. The quantitative estimate of drug-likeness (QED) is 0.730. The molecule has 2 aliphatic heterocycles. The van der Waals surface area contributed by atoms with Gasteiger partial charge in [0, 0.05) is 44.2 Å². The smallest absolute Gasteiger partial charge is 0.253 e. The number of amides is 2. The van der Waals surface area contributed by atoms with Gasteiger partial charge in [0.15, 0.2) is 0 Å². The number of hydrogen-bond donors (Lipinski definition) is 3. The normalized spacial score (nSPS) is 26.0. The van der Waals surface area contributed by atoms with Gasteiger partial charge in [-0.3, -0.25) is 9.59 Å². The number of benzene rings is 1. The van der Waals surface area contributed by atoms with Crippen LogP contribution in [0.15, 0.2) is 30.3 Å². The van der Waals surface area contributed by atoms with Crippen LogP contribution in [-0.4, -0.2) is 60.6 Å². The van der Waals surface area contributed by atoms with E-state index in [1.165, 1.54) is 0 Å². The maximum Gasteiger partial charge on any atom is 0.253 e. The van der Waals surface area contributed by atoms with Gasteiger partial charge in [-0.05, 0) is 25.0 Å². The van der Waals surface area contributed by atoms with Gasteiger partial charge in [0.1, 0.15) is 0 Å². The monoisotopic (exact) mass is 367 g/mol. The summed E-state index contributed by atoms with van der Waals surface area (Å²) in [6.07, 6.45) is 1.24. The predicted octanol–water partition coefficient (Wildman–Crippen LogP) is 0.657. The summed E-state index contributed by atoms with van der Waals surface area (Å²) in [6, 6.07) is 9.20. The van der Waals surface area contributed by atoms with Crippen molar-refractivity contribution >= 4 is 24.2 Å². The molecule has 0 spiro atoms. The Balaban J connectivity index is 0.00000225. The molecule has 3 unspecified atom stereocenters. The molecule has 2 heterocycles. The molecule has 3 atom stereocenters.